The van der Waals surface area contributed by atoms with Crippen molar-refractivity contribution in [1.29, 1.82) is 0 Å². The summed E-state index contributed by atoms with van der Waals surface area (Å²) in [4.78, 5) is 9.03. The monoisotopic (exact) mass is 302 g/mol. The SMILES string of the molecule is Cc1ccc(C)c(C2CC(c3ccccc3)=Nc3ncnn32)c1. The average Bonchev–Trinajstić information content (AvgIpc) is 3.05. The number of aryl methyl sites for hydroxylation is 2. The molecule has 4 nitrogen and oxygen atoms in total. The number of hydrogen-bond acceptors (Lipinski definition) is 3. The summed E-state index contributed by atoms with van der Waals surface area (Å²) >= 11 is 0. The summed E-state index contributed by atoms with van der Waals surface area (Å²) in [7, 11) is 0. The van der Waals surface area contributed by atoms with Gasteiger partial charge in [-0.25, -0.2) is 9.67 Å². The minimum atomic E-state index is 0.139. The van der Waals surface area contributed by atoms with Crippen LogP contribution in [-0.4, -0.2) is 20.5 Å². The van der Waals surface area contributed by atoms with E-state index in [1.807, 2.05) is 22.9 Å². The second-order valence-electron chi connectivity index (χ2n) is 6.01. The lowest BCUT2D eigenvalue weighted by Gasteiger charge is -2.25. The number of fused-ring (bicyclic) bond motifs is 1. The third-order valence-corrected chi connectivity index (χ3v) is 4.37. The fourth-order valence-electron chi connectivity index (χ4n) is 3.15. The first-order valence-corrected chi connectivity index (χ1v) is 7.82. The predicted octanol–water partition coefficient (Wildman–Crippen LogP) is 4.01. The van der Waals surface area contributed by atoms with E-state index >= 15 is 0 Å². The van der Waals surface area contributed by atoms with Crippen molar-refractivity contribution in [1.82, 2.24) is 14.8 Å². The molecule has 3 aromatic rings. The lowest BCUT2D eigenvalue weighted by Crippen LogP contribution is -2.22. The molecule has 1 aliphatic rings. The van der Waals surface area contributed by atoms with E-state index in [2.05, 4.69) is 54.3 Å². The van der Waals surface area contributed by atoms with Gasteiger partial charge in [0.05, 0.1) is 11.8 Å². The van der Waals surface area contributed by atoms with Crippen LogP contribution < -0.4 is 0 Å². The Morgan fingerprint density at radius 3 is 2.70 bits per heavy atom. The van der Waals surface area contributed by atoms with Gasteiger partial charge in [-0.2, -0.15) is 10.1 Å². The second-order valence-corrected chi connectivity index (χ2v) is 6.01. The largest absolute Gasteiger partial charge is 0.248 e. The van der Waals surface area contributed by atoms with Crippen LogP contribution in [0.2, 0.25) is 0 Å². The van der Waals surface area contributed by atoms with Crippen molar-refractivity contribution in [3.63, 3.8) is 0 Å². The van der Waals surface area contributed by atoms with Crippen LogP contribution in [0.15, 0.2) is 59.9 Å². The highest BCUT2D eigenvalue weighted by atomic mass is 15.4. The summed E-state index contributed by atoms with van der Waals surface area (Å²) in [6.45, 7) is 4.28. The molecule has 0 spiro atoms. The van der Waals surface area contributed by atoms with Crippen LogP contribution in [0.3, 0.4) is 0 Å². The first-order chi connectivity index (χ1) is 11.2. The molecule has 1 unspecified atom stereocenters. The van der Waals surface area contributed by atoms with Crippen molar-refractivity contribution in [2.45, 2.75) is 26.3 Å². The third-order valence-electron chi connectivity index (χ3n) is 4.37. The summed E-state index contributed by atoms with van der Waals surface area (Å²) in [5.41, 5.74) is 6.04. The van der Waals surface area contributed by atoms with Crippen molar-refractivity contribution in [3.8, 4) is 0 Å². The summed E-state index contributed by atoms with van der Waals surface area (Å²) in [6.07, 6.45) is 2.41. The zero-order valence-corrected chi connectivity index (χ0v) is 13.3. The smallest absolute Gasteiger partial charge is 0.222 e. The molecule has 0 amide bonds. The van der Waals surface area contributed by atoms with Crippen LogP contribution in [0.5, 0.6) is 0 Å². The molecule has 1 atom stereocenters. The maximum Gasteiger partial charge on any atom is 0.248 e. The Labute approximate surface area is 135 Å². The molecule has 1 aromatic heterocycles. The summed E-state index contributed by atoms with van der Waals surface area (Å²) < 4.78 is 1.94. The van der Waals surface area contributed by atoms with Gasteiger partial charge in [0.1, 0.15) is 6.33 Å². The number of aromatic nitrogens is 3. The van der Waals surface area contributed by atoms with Gasteiger partial charge >= 0.3 is 0 Å². The number of hydrogen-bond donors (Lipinski definition) is 0. The van der Waals surface area contributed by atoms with Gasteiger partial charge in [-0.3, -0.25) is 0 Å². The molecular weight excluding hydrogens is 284 g/mol. The van der Waals surface area contributed by atoms with E-state index in [9.17, 15) is 0 Å². The summed E-state index contributed by atoms with van der Waals surface area (Å²) in [5.74, 6) is 0.681. The average molecular weight is 302 g/mol. The van der Waals surface area contributed by atoms with Crippen LogP contribution in [0.1, 0.15) is 34.7 Å². The van der Waals surface area contributed by atoms with Gasteiger partial charge in [-0.15, -0.1) is 0 Å². The molecule has 0 N–H and O–H groups in total. The fourth-order valence-corrected chi connectivity index (χ4v) is 3.15. The van der Waals surface area contributed by atoms with E-state index < -0.39 is 0 Å². The van der Waals surface area contributed by atoms with Gasteiger partial charge in [0.25, 0.3) is 0 Å². The Bertz CT molecular complexity index is 877. The number of benzene rings is 2. The fraction of sp³-hybridized carbons (Fsp3) is 0.211. The van der Waals surface area contributed by atoms with E-state index in [0.717, 1.165) is 17.7 Å². The molecule has 0 radical (unpaired) electrons. The van der Waals surface area contributed by atoms with Gasteiger partial charge in [0, 0.05) is 6.42 Å². The first-order valence-electron chi connectivity index (χ1n) is 7.82. The molecule has 0 saturated heterocycles. The summed E-state index contributed by atoms with van der Waals surface area (Å²) in [5, 5.41) is 4.41. The predicted molar refractivity (Wildman–Crippen MR) is 91.3 cm³/mol. The third kappa shape index (κ3) is 2.46. The Kier molecular flexibility index (Phi) is 3.30. The minimum absolute atomic E-state index is 0.139. The molecule has 1 aliphatic heterocycles. The standard InChI is InChI=1S/C19H18N4/c1-13-8-9-14(2)16(10-13)18-11-17(15-6-4-3-5-7-15)22-19-20-12-21-23(18)19/h3-10,12,18H,11H2,1-2H3. The van der Waals surface area contributed by atoms with Gasteiger partial charge in [-0.1, -0.05) is 54.1 Å². The summed E-state index contributed by atoms with van der Waals surface area (Å²) in [6, 6.07) is 17.0. The number of nitrogens with zero attached hydrogens (tertiary/aromatic N) is 4. The van der Waals surface area contributed by atoms with Gasteiger partial charge in [0.2, 0.25) is 5.95 Å². The van der Waals surface area contributed by atoms with E-state index in [-0.39, 0.29) is 6.04 Å². The van der Waals surface area contributed by atoms with Crippen LogP contribution in [0.25, 0.3) is 0 Å². The molecule has 0 fully saturated rings. The normalized spacial score (nSPS) is 16.8. The van der Waals surface area contributed by atoms with Gasteiger partial charge < -0.3 is 0 Å². The van der Waals surface area contributed by atoms with Gasteiger partial charge in [0.15, 0.2) is 0 Å². The highest BCUT2D eigenvalue weighted by Crippen LogP contribution is 2.33. The molecular formula is C19H18N4. The molecule has 114 valence electrons. The Balaban J connectivity index is 1.84. The van der Waals surface area contributed by atoms with Crippen LogP contribution in [0.4, 0.5) is 5.95 Å². The van der Waals surface area contributed by atoms with Crippen molar-refractivity contribution >= 4 is 11.7 Å². The van der Waals surface area contributed by atoms with E-state index in [4.69, 9.17) is 4.99 Å². The Hall–Kier alpha value is -2.75. The maximum atomic E-state index is 4.71. The molecule has 0 aliphatic carbocycles. The lowest BCUT2D eigenvalue weighted by molar-refractivity contribution is 0.528. The van der Waals surface area contributed by atoms with Crippen molar-refractivity contribution in [2.24, 2.45) is 4.99 Å². The highest BCUT2D eigenvalue weighted by molar-refractivity contribution is 6.02. The zero-order chi connectivity index (χ0) is 15.8. The van der Waals surface area contributed by atoms with Crippen molar-refractivity contribution < 1.29 is 0 Å². The Morgan fingerprint density at radius 2 is 1.87 bits per heavy atom. The van der Waals surface area contributed by atoms with Crippen LogP contribution >= 0.6 is 0 Å². The van der Waals surface area contributed by atoms with E-state index in [0.29, 0.717) is 5.95 Å². The van der Waals surface area contributed by atoms with Crippen LogP contribution in [0, 0.1) is 13.8 Å². The lowest BCUT2D eigenvalue weighted by atomic mass is 9.92. The van der Waals surface area contributed by atoms with Crippen molar-refractivity contribution in [3.05, 3.63) is 77.1 Å². The molecule has 0 saturated carbocycles. The van der Waals surface area contributed by atoms with Crippen LogP contribution in [-0.2, 0) is 0 Å². The number of aliphatic imine (C=N–C) groups is 1. The van der Waals surface area contributed by atoms with E-state index in [1.165, 1.54) is 16.7 Å². The number of rotatable bonds is 2. The molecule has 4 rings (SSSR count). The highest BCUT2D eigenvalue weighted by Gasteiger charge is 2.27. The quantitative estimate of drug-likeness (QED) is 0.718. The minimum Gasteiger partial charge on any atom is -0.222 e. The Morgan fingerprint density at radius 1 is 1.04 bits per heavy atom. The molecule has 23 heavy (non-hydrogen) atoms. The molecule has 4 heteroatoms. The first kappa shape index (κ1) is 13.9. The second kappa shape index (κ2) is 5.47. The molecule has 2 heterocycles. The maximum absolute atomic E-state index is 4.71. The molecule has 0 bridgehead atoms. The van der Waals surface area contributed by atoms with E-state index in [1.54, 1.807) is 6.33 Å². The van der Waals surface area contributed by atoms with Gasteiger partial charge in [-0.05, 0) is 30.5 Å². The topological polar surface area (TPSA) is 43.1 Å². The zero-order valence-electron chi connectivity index (χ0n) is 13.3. The molecule has 2 aromatic carbocycles. The van der Waals surface area contributed by atoms with Crippen molar-refractivity contribution in [2.75, 3.05) is 0 Å².